The van der Waals surface area contributed by atoms with E-state index in [-0.39, 0.29) is 11.9 Å². The number of benzene rings is 1. The van der Waals surface area contributed by atoms with Crippen molar-refractivity contribution in [2.24, 2.45) is 0 Å². The molecule has 3 heteroatoms. The molecule has 0 aliphatic carbocycles. The van der Waals surface area contributed by atoms with Gasteiger partial charge in [-0.15, -0.1) is 0 Å². The van der Waals surface area contributed by atoms with Crippen molar-refractivity contribution >= 4 is 19.6 Å². The summed E-state index contributed by atoms with van der Waals surface area (Å²) in [5.74, 6) is 0.273. The average molecular weight is 312 g/mol. The number of piperidine rings is 1. The first-order valence-corrected chi connectivity index (χ1v) is 11.7. The quantitative estimate of drug-likeness (QED) is 0.747. The predicted octanol–water partition coefficient (Wildman–Crippen LogP) is 4.27. The van der Waals surface area contributed by atoms with Gasteiger partial charge < -0.3 is 4.90 Å². The zero-order valence-corrected chi connectivity index (χ0v) is 14.9. The molecule has 1 atom stereocenters. The van der Waals surface area contributed by atoms with E-state index in [1.165, 1.54) is 6.42 Å². The Balaban J connectivity index is 2.22. The van der Waals surface area contributed by atoms with Gasteiger partial charge in [-0.05, 0) is 36.0 Å². The number of fused-ring (bicyclic) bond motifs is 1. The third-order valence-corrected chi connectivity index (χ3v) is 6.73. The van der Waals surface area contributed by atoms with Crippen molar-refractivity contribution in [1.29, 1.82) is 0 Å². The van der Waals surface area contributed by atoms with E-state index in [1.54, 1.807) is 0 Å². The second-order valence-electron chi connectivity index (χ2n) is 7.40. The summed E-state index contributed by atoms with van der Waals surface area (Å²) in [6.45, 7) is 12.1. The summed E-state index contributed by atoms with van der Waals surface area (Å²) < 4.78 is 0. The van der Waals surface area contributed by atoms with Crippen molar-refractivity contribution in [2.75, 3.05) is 6.54 Å². The topological polar surface area (TPSA) is 20.3 Å². The summed E-state index contributed by atoms with van der Waals surface area (Å²) in [5, 5.41) is 1.06. The van der Waals surface area contributed by atoms with E-state index in [0.29, 0.717) is 0 Å². The fraction of sp³-hybridized carbons (Fsp3) is 0.421. The Kier molecular flexibility index (Phi) is 3.85. The summed E-state index contributed by atoms with van der Waals surface area (Å²) in [7, 11) is -1.76. The van der Waals surface area contributed by atoms with Crippen LogP contribution >= 0.6 is 0 Å². The molecule has 1 saturated heterocycles. The molecule has 116 valence electrons. The summed E-state index contributed by atoms with van der Waals surface area (Å²) in [5.41, 5.74) is 3.46. The first-order valence-electron chi connectivity index (χ1n) is 8.21. The molecule has 2 aliphatic heterocycles. The third-order valence-electron chi connectivity index (χ3n) is 4.76. The van der Waals surface area contributed by atoms with Gasteiger partial charge in [-0.2, -0.15) is 0 Å². The molecule has 1 unspecified atom stereocenters. The highest BCUT2D eigenvalue weighted by atomic mass is 28.3. The Bertz CT molecular complexity index is 639. The highest BCUT2D eigenvalue weighted by Gasteiger charge is 2.42. The highest BCUT2D eigenvalue weighted by molar-refractivity contribution is 6.88. The predicted molar refractivity (Wildman–Crippen MR) is 95.2 cm³/mol. The Hall–Kier alpha value is -1.61. The maximum atomic E-state index is 13.2. The Labute approximate surface area is 134 Å². The molecule has 0 bridgehead atoms. The Morgan fingerprint density at radius 3 is 2.45 bits per heavy atom. The van der Waals surface area contributed by atoms with Crippen LogP contribution < -0.4 is 0 Å². The van der Waals surface area contributed by atoms with Gasteiger partial charge in [0.25, 0.3) is 0 Å². The number of rotatable bonds is 2. The second kappa shape index (κ2) is 5.54. The lowest BCUT2D eigenvalue weighted by Gasteiger charge is -2.44. The van der Waals surface area contributed by atoms with Crippen LogP contribution in [0, 0.1) is 0 Å². The van der Waals surface area contributed by atoms with E-state index in [2.05, 4.69) is 55.4 Å². The molecule has 1 aromatic rings. The number of amides is 1. The Morgan fingerprint density at radius 2 is 1.82 bits per heavy atom. The number of hydrogen-bond donors (Lipinski definition) is 0. The molecule has 22 heavy (non-hydrogen) atoms. The normalized spacial score (nSPS) is 22.9. The number of carbonyl (C=O) groups is 1. The van der Waals surface area contributed by atoms with Crippen LogP contribution in [-0.2, 0) is 4.79 Å². The van der Waals surface area contributed by atoms with E-state index in [0.717, 1.165) is 41.3 Å². The monoisotopic (exact) mass is 311 g/mol. The van der Waals surface area contributed by atoms with Gasteiger partial charge in [0, 0.05) is 11.7 Å². The van der Waals surface area contributed by atoms with Crippen LogP contribution in [0.15, 0.2) is 47.7 Å². The first kappa shape index (κ1) is 15.3. The number of nitrogens with zero attached hydrogens (tertiary/aromatic N) is 1. The van der Waals surface area contributed by atoms with Crippen LogP contribution in [0.4, 0.5) is 0 Å². The van der Waals surface area contributed by atoms with Gasteiger partial charge >= 0.3 is 0 Å². The zero-order valence-electron chi connectivity index (χ0n) is 13.9. The molecule has 0 saturated carbocycles. The SMILES string of the molecule is C=C1C(c2ccccc2)=C([Si](C)(C)C)C(=O)N2CCCCC12. The fourth-order valence-electron chi connectivity index (χ4n) is 3.74. The van der Waals surface area contributed by atoms with E-state index in [4.69, 9.17) is 0 Å². The van der Waals surface area contributed by atoms with Crippen LogP contribution in [0.5, 0.6) is 0 Å². The van der Waals surface area contributed by atoms with Gasteiger partial charge in [-0.3, -0.25) is 4.79 Å². The molecule has 1 fully saturated rings. The van der Waals surface area contributed by atoms with Crippen LogP contribution in [0.25, 0.3) is 5.57 Å². The van der Waals surface area contributed by atoms with Gasteiger partial charge in [0.05, 0.1) is 14.1 Å². The van der Waals surface area contributed by atoms with Gasteiger partial charge in [0.2, 0.25) is 5.91 Å². The molecule has 2 aliphatic rings. The molecule has 2 nitrogen and oxygen atoms in total. The molecule has 0 N–H and O–H groups in total. The number of hydrogen-bond acceptors (Lipinski definition) is 1. The van der Waals surface area contributed by atoms with Crippen LogP contribution in [0.2, 0.25) is 19.6 Å². The van der Waals surface area contributed by atoms with E-state index >= 15 is 0 Å². The minimum atomic E-state index is -1.76. The molecule has 3 rings (SSSR count). The maximum Gasteiger partial charge on any atom is 0.246 e. The molecule has 0 aromatic heterocycles. The van der Waals surface area contributed by atoms with Crippen molar-refractivity contribution in [3.8, 4) is 0 Å². The van der Waals surface area contributed by atoms with Gasteiger partial charge in [0.15, 0.2) is 0 Å². The van der Waals surface area contributed by atoms with Crippen molar-refractivity contribution in [3.05, 3.63) is 53.2 Å². The van der Waals surface area contributed by atoms with Gasteiger partial charge in [-0.25, -0.2) is 0 Å². The molecule has 0 radical (unpaired) electrons. The van der Waals surface area contributed by atoms with E-state index in [1.807, 2.05) is 6.07 Å². The van der Waals surface area contributed by atoms with Gasteiger partial charge in [-0.1, -0.05) is 56.6 Å². The van der Waals surface area contributed by atoms with Gasteiger partial charge in [0.1, 0.15) is 0 Å². The maximum absolute atomic E-state index is 13.2. The summed E-state index contributed by atoms with van der Waals surface area (Å²) in [4.78, 5) is 15.3. The first-order chi connectivity index (χ1) is 10.4. The molecule has 1 aromatic carbocycles. The average Bonchev–Trinajstić information content (AvgIpc) is 2.50. The standard InChI is InChI=1S/C19H25NOSi/c1-14-16-12-8-9-13-20(16)19(21)18(22(2,3)4)17(14)15-10-6-5-7-11-15/h5-7,10-11,16H,1,8-9,12-13H2,2-4H3. The Morgan fingerprint density at radius 1 is 1.14 bits per heavy atom. The second-order valence-corrected chi connectivity index (χ2v) is 12.4. The molecule has 2 heterocycles. The van der Waals surface area contributed by atoms with Crippen molar-refractivity contribution < 1.29 is 4.79 Å². The molecule has 1 amide bonds. The minimum absolute atomic E-state index is 0.205. The zero-order chi connectivity index (χ0) is 15.9. The lowest BCUT2D eigenvalue weighted by molar-refractivity contribution is -0.129. The largest absolute Gasteiger partial charge is 0.332 e. The third kappa shape index (κ3) is 2.48. The van der Waals surface area contributed by atoms with Crippen molar-refractivity contribution in [3.63, 3.8) is 0 Å². The minimum Gasteiger partial charge on any atom is -0.332 e. The summed E-state index contributed by atoms with van der Waals surface area (Å²) in [6, 6.07) is 10.6. The molecular formula is C19H25NOSi. The van der Waals surface area contributed by atoms with Crippen LogP contribution in [-0.4, -0.2) is 31.5 Å². The van der Waals surface area contributed by atoms with E-state index in [9.17, 15) is 4.79 Å². The lowest BCUT2D eigenvalue weighted by atomic mass is 9.84. The molecule has 0 spiro atoms. The van der Waals surface area contributed by atoms with Crippen LogP contribution in [0.1, 0.15) is 24.8 Å². The fourth-order valence-corrected chi connectivity index (χ4v) is 5.59. The van der Waals surface area contributed by atoms with Crippen molar-refractivity contribution in [2.45, 2.75) is 44.9 Å². The van der Waals surface area contributed by atoms with Crippen molar-refractivity contribution in [1.82, 2.24) is 4.90 Å². The summed E-state index contributed by atoms with van der Waals surface area (Å²) in [6.07, 6.45) is 3.37. The lowest BCUT2D eigenvalue weighted by Crippen LogP contribution is -2.52. The number of carbonyl (C=O) groups excluding carboxylic acids is 1. The smallest absolute Gasteiger partial charge is 0.246 e. The van der Waals surface area contributed by atoms with Crippen LogP contribution in [0.3, 0.4) is 0 Å². The molecular weight excluding hydrogens is 286 g/mol. The van der Waals surface area contributed by atoms with E-state index < -0.39 is 8.07 Å². The summed E-state index contributed by atoms with van der Waals surface area (Å²) >= 11 is 0. The highest BCUT2D eigenvalue weighted by Crippen LogP contribution is 2.41.